The van der Waals surface area contributed by atoms with Crippen molar-refractivity contribution in [2.75, 3.05) is 26.2 Å². The van der Waals surface area contributed by atoms with Crippen LogP contribution in [0.4, 0.5) is 0 Å². The van der Waals surface area contributed by atoms with Gasteiger partial charge in [0.1, 0.15) is 6.61 Å². The first kappa shape index (κ1) is 16.7. The standard InChI is InChI=1S/C16H20N2O3/c1-3-17-15(20)12-18(4-2)16(21)14-9-5-7-13(11-14)8-6-10-19/h5,7,9,11,19H,3-4,10,12H2,1-2H3,(H,17,20). The summed E-state index contributed by atoms with van der Waals surface area (Å²) in [5.41, 5.74) is 1.13. The van der Waals surface area contributed by atoms with Gasteiger partial charge in [0.25, 0.3) is 5.91 Å². The summed E-state index contributed by atoms with van der Waals surface area (Å²) in [5, 5.41) is 11.4. The van der Waals surface area contributed by atoms with Crippen molar-refractivity contribution >= 4 is 11.8 Å². The molecule has 0 atom stereocenters. The third-order valence-corrected chi connectivity index (χ3v) is 2.80. The Balaban J connectivity index is 2.87. The second-order valence-electron chi connectivity index (χ2n) is 4.31. The van der Waals surface area contributed by atoms with Gasteiger partial charge in [-0.2, -0.15) is 0 Å². The second kappa shape index (κ2) is 8.77. The average Bonchev–Trinajstić information content (AvgIpc) is 2.50. The average molecular weight is 288 g/mol. The normalized spacial score (nSPS) is 9.48. The van der Waals surface area contributed by atoms with Crippen molar-refractivity contribution in [1.29, 1.82) is 0 Å². The van der Waals surface area contributed by atoms with Crippen LogP contribution in [0.5, 0.6) is 0 Å². The molecule has 5 heteroatoms. The van der Waals surface area contributed by atoms with Gasteiger partial charge in [0.05, 0.1) is 6.54 Å². The Morgan fingerprint density at radius 3 is 2.71 bits per heavy atom. The van der Waals surface area contributed by atoms with Gasteiger partial charge in [0, 0.05) is 24.2 Å². The van der Waals surface area contributed by atoms with Gasteiger partial charge in [-0.3, -0.25) is 9.59 Å². The summed E-state index contributed by atoms with van der Waals surface area (Å²) in [6.07, 6.45) is 0. The van der Waals surface area contributed by atoms with Crippen molar-refractivity contribution in [3.63, 3.8) is 0 Å². The molecule has 0 aliphatic carbocycles. The Morgan fingerprint density at radius 1 is 1.33 bits per heavy atom. The largest absolute Gasteiger partial charge is 0.384 e. The van der Waals surface area contributed by atoms with Crippen LogP contribution in [0.25, 0.3) is 0 Å². The topological polar surface area (TPSA) is 69.6 Å². The third-order valence-electron chi connectivity index (χ3n) is 2.80. The van der Waals surface area contributed by atoms with E-state index in [0.717, 1.165) is 0 Å². The maximum atomic E-state index is 12.4. The van der Waals surface area contributed by atoms with Gasteiger partial charge < -0.3 is 15.3 Å². The van der Waals surface area contributed by atoms with Gasteiger partial charge in [-0.05, 0) is 32.0 Å². The van der Waals surface area contributed by atoms with Crippen LogP contribution in [0, 0.1) is 11.8 Å². The van der Waals surface area contributed by atoms with Gasteiger partial charge in [-0.1, -0.05) is 17.9 Å². The second-order valence-corrected chi connectivity index (χ2v) is 4.31. The Labute approximate surface area is 125 Å². The molecule has 0 aromatic heterocycles. The van der Waals surface area contributed by atoms with Crippen LogP contribution in [-0.4, -0.2) is 48.1 Å². The van der Waals surface area contributed by atoms with Crippen LogP contribution in [0.2, 0.25) is 0 Å². The fraction of sp³-hybridized carbons (Fsp3) is 0.375. The lowest BCUT2D eigenvalue weighted by Crippen LogP contribution is -2.40. The fourth-order valence-corrected chi connectivity index (χ4v) is 1.81. The van der Waals surface area contributed by atoms with E-state index in [-0.39, 0.29) is 25.0 Å². The minimum atomic E-state index is -0.226. The number of hydrogen-bond donors (Lipinski definition) is 2. The van der Waals surface area contributed by atoms with E-state index in [4.69, 9.17) is 5.11 Å². The Hall–Kier alpha value is -2.32. The summed E-state index contributed by atoms with van der Waals surface area (Å²) >= 11 is 0. The number of nitrogens with zero attached hydrogens (tertiary/aromatic N) is 1. The highest BCUT2D eigenvalue weighted by Gasteiger charge is 2.17. The van der Waals surface area contributed by atoms with Gasteiger partial charge in [-0.15, -0.1) is 0 Å². The van der Waals surface area contributed by atoms with E-state index in [1.165, 1.54) is 4.90 Å². The number of aliphatic hydroxyl groups excluding tert-OH is 1. The molecule has 2 N–H and O–H groups in total. The molecule has 0 radical (unpaired) electrons. The molecule has 2 amide bonds. The first-order valence-electron chi connectivity index (χ1n) is 6.88. The van der Waals surface area contributed by atoms with E-state index in [0.29, 0.717) is 24.2 Å². The lowest BCUT2D eigenvalue weighted by atomic mass is 10.1. The van der Waals surface area contributed by atoms with E-state index in [1.54, 1.807) is 24.3 Å². The van der Waals surface area contributed by atoms with E-state index in [1.807, 2.05) is 13.8 Å². The zero-order valence-electron chi connectivity index (χ0n) is 12.3. The minimum Gasteiger partial charge on any atom is -0.384 e. The lowest BCUT2D eigenvalue weighted by Gasteiger charge is -2.20. The number of carbonyl (C=O) groups excluding carboxylic acids is 2. The van der Waals surface area contributed by atoms with Crippen molar-refractivity contribution in [2.24, 2.45) is 0 Å². The van der Waals surface area contributed by atoms with Gasteiger partial charge in [-0.25, -0.2) is 0 Å². The monoisotopic (exact) mass is 288 g/mol. The van der Waals surface area contributed by atoms with Crippen LogP contribution in [0.3, 0.4) is 0 Å². The maximum Gasteiger partial charge on any atom is 0.254 e. The summed E-state index contributed by atoms with van der Waals surface area (Å²) in [5.74, 6) is 4.91. The molecular formula is C16H20N2O3. The molecule has 0 aliphatic heterocycles. The molecule has 1 rings (SSSR count). The van der Waals surface area contributed by atoms with Crippen LogP contribution in [-0.2, 0) is 4.79 Å². The summed E-state index contributed by atoms with van der Waals surface area (Å²) in [7, 11) is 0. The number of carbonyl (C=O) groups is 2. The third kappa shape index (κ3) is 5.28. The number of rotatable bonds is 5. The number of aliphatic hydroxyl groups is 1. The Kier molecular flexibility index (Phi) is 6.99. The SMILES string of the molecule is CCNC(=O)CN(CC)C(=O)c1cccc(C#CCO)c1. The molecular weight excluding hydrogens is 268 g/mol. The first-order chi connectivity index (χ1) is 10.1. The molecule has 0 aliphatic rings. The molecule has 1 aromatic rings. The fourth-order valence-electron chi connectivity index (χ4n) is 1.81. The highest BCUT2D eigenvalue weighted by atomic mass is 16.2. The van der Waals surface area contributed by atoms with E-state index in [2.05, 4.69) is 17.2 Å². The van der Waals surface area contributed by atoms with E-state index in [9.17, 15) is 9.59 Å². The van der Waals surface area contributed by atoms with Crippen molar-refractivity contribution < 1.29 is 14.7 Å². The highest BCUT2D eigenvalue weighted by molar-refractivity contribution is 5.96. The van der Waals surface area contributed by atoms with Crippen LogP contribution in [0.15, 0.2) is 24.3 Å². The zero-order valence-corrected chi connectivity index (χ0v) is 12.3. The maximum absolute atomic E-state index is 12.4. The van der Waals surface area contributed by atoms with Crippen LogP contribution < -0.4 is 5.32 Å². The number of amides is 2. The predicted molar refractivity (Wildman–Crippen MR) is 80.7 cm³/mol. The predicted octanol–water partition coefficient (Wildman–Crippen LogP) is 0.629. The van der Waals surface area contributed by atoms with Crippen molar-refractivity contribution in [1.82, 2.24) is 10.2 Å². The Bertz CT molecular complexity index is 558. The summed E-state index contributed by atoms with van der Waals surface area (Å²) in [6.45, 7) is 4.46. The smallest absolute Gasteiger partial charge is 0.254 e. The number of nitrogens with one attached hydrogen (secondary N) is 1. The molecule has 1 aromatic carbocycles. The summed E-state index contributed by atoms with van der Waals surface area (Å²) in [4.78, 5) is 25.5. The first-order valence-corrected chi connectivity index (χ1v) is 6.88. The molecule has 0 unspecified atom stereocenters. The van der Waals surface area contributed by atoms with Crippen LogP contribution in [0.1, 0.15) is 29.8 Å². The van der Waals surface area contributed by atoms with Gasteiger partial charge in [0.2, 0.25) is 5.91 Å². The van der Waals surface area contributed by atoms with Gasteiger partial charge >= 0.3 is 0 Å². The number of likely N-dealkylation sites (N-methyl/N-ethyl adjacent to an activating group) is 2. The highest BCUT2D eigenvalue weighted by Crippen LogP contribution is 2.08. The summed E-state index contributed by atoms with van der Waals surface area (Å²) < 4.78 is 0. The van der Waals surface area contributed by atoms with E-state index >= 15 is 0 Å². The molecule has 5 nitrogen and oxygen atoms in total. The van der Waals surface area contributed by atoms with E-state index < -0.39 is 0 Å². The molecule has 21 heavy (non-hydrogen) atoms. The van der Waals surface area contributed by atoms with Crippen molar-refractivity contribution in [3.8, 4) is 11.8 Å². The Morgan fingerprint density at radius 2 is 2.10 bits per heavy atom. The minimum absolute atomic E-state index is 0.0374. The molecule has 0 heterocycles. The van der Waals surface area contributed by atoms with Crippen LogP contribution >= 0.6 is 0 Å². The molecule has 112 valence electrons. The summed E-state index contributed by atoms with van der Waals surface area (Å²) in [6, 6.07) is 6.84. The zero-order chi connectivity index (χ0) is 15.7. The number of hydrogen-bond acceptors (Lipinski definition) is 3. The molecule has 0 saturated carbocycles. The lowest BCUT2D eigenvalue weighted by molar-refractivity contribution is -0.121. The number of benzene rings is 1. The molecule has 0 saturated heterocycles. The van der Waals surface area contributed by atoms with Crippen molar-refractivity contribution in [2.45, 2.75) is 13.8 Å². The molecule has 0 spiro atoms. The molecule has 0 fully saturated rings. The van der Waals surface area contributed by atoms with Gasteiger partial charge in [0.15, 0.2) is 0 Å². The quantitative estimate of drug-likeness (QED) is 0.781. The molecule has 0 bridgehead atoms. The van der Waals surface area contributed by atoms with Crippen molar-refractivity contribution in [3.05, 3.63) is 35.4 Å².